The number of fused-ring (bicyclic) bond motifs is 1. The third-order valence-corrected chi connectivity index (χ3v) is 4.82. The third kappa shape index (κ3) is 3.24. The van der Waals surface area contributed by atoms with Gasteiger partial charge in [0, 0.05) is 0 Å². The fourth-order valence-corrected chi connectivity index (χ4v) is 3.60. The number of hydrogen-bond donors (Lipinski definition) is 0. The van der Waals surface area contributed by atoms with Gasteiger partial charge in [0.15, 0.2) is 4.80 Å². The average Bonchev–Trinajstić information content (AvgIpc) is 2.91. The Labute approximate surface area is 147 Å². The predicted octanol–water partition coefficient (Wildman–Crippen LogP) is 3.92. The number of benzene rings is 2. The van der Waals surface area contributed by atoms with Crippen molar-refractivity contribution in [3.05, 3.63) is 64.0 Å². The van der Waals surface area contributed by atoms with E-state index < -0.39 is 23.1 Å². The summed E-state index contributed by atoms with van der Waals surface area (Å²) in [6.45, 7) is 2.25. The van der Waals surface area contributed by atoms with Crippen LogP contribution >= 0.6 is 11.3 Å². The fraction of sp³-hybridized carbons (Fsp3) is 0.158. The molecule has 0 atom stereocenters. The van der Waals surface area contributed by atoms with E-state index >= 15 is 0 Å². The summed E-state index contributed by atoms with van der Waals surface area (Å²) in [6, 6.07) is 9.14. The van der Waals surface area contributed by atoms with Crippen molar-refractivity contribution >= 4 is 27.5 Å². The molecule has 0 bridgehead atoms. The normalized spacial score (nSPS) is 11.7. The number of aryl methyl sites for hydroxylation is 1. The highest BCUT2D eigenvalue weighted by molar-refractivity contribution is 7.16. The van der Waals surface area contributed by atoms with E-state index in [1.54, 1.807) is 4.57 Å². The van der Waals surface area contributed by atoms with Crippen LogP contribution in [-0.4, -0.2) is 10.5 Å². The molecule has 1 amide bonds. The minimum Gasteiger partial charge on any atom is -0.305 e. The summed E-state index contributed by atoms with van der Waals surface area (Å²) in [4.78, 5) is 16.6. The quantitative estimate of drug-likeness (QED) is 0.655. The van der Waals surface area contributed by atoms with E-state index in [-0.39, 0.29) is 6.54 Å². The van der Waals surface area contributed by atoms with Gasteiger partial charge in [0.25, 0.3) is 5.91 Å². The van der Waals surface area contributed by atoms with Gasteiger partial charge in [-0.05, 0) is 36.2 Å². The molecule has 0 fully saturated rings. The molecule has 3 aromatic rings. The van der Waals surface area contributed by atoms with E-state index in [1.165, 1.54) is 17.4 Å². The second-order valence-electron chi connectivity index (χ2n) is 5.34. The zero-order chi connectivity index (χ0) is 18.0. The van der Waals surface area contributed by atoms with Crippen molar-refractivity contribution in [3.8, 4) is 12.3 Å². The second-order valence-corrected chi connectivity index (χ2v) is 6.35. The Balaban J connectivity index is 2.20. The van der Waals surface area contributed by atoms with Gasteiger partial charge < -0.3 is 4.57 Å². The minimum atomic E-state index is -0.969. The minimum absolute atomic E-state index is 0.206. The molecule has 0 spiro atoms. The molecule has 0 aliphatic rings. The molecule has 1 heterocycles. The van der Waals surface area contributed by atoms with Crippen LogP contribution < -0.4 is 4.80 Å². The largest absolute Gasteiger partial charge is 0.305 e. The van der Waals surface area contributed by atoms with Gasteiger partial charge in [0.05, 0.1) is 16.8 Å². The van der Waals surface area contributed by atoms with Crippen LogP contribution in [0.3, 0.4) is 0 Å². The van der Waals surface area contributed by atoms with Crippen molar-refractivity contribution in [1.29, 1.82) is 0 Å². The van der Waals surface area contributed by atoms with Crippen molar-refractivity contribution in [2.24, 2.45) is 4.99 Å². The lowest BCUT2D eigenvalue weighted by molar-refractivity contribution is 0.0990. The van der Waals surface area contributed by atoms with Crippen molar-refractivity contribution in [2.45, 2.75) is 19.9 Å². The van der Waals surface area contributed by atoms with Gasteiger partial charge in [0.1, 0.15) is 17.2 Å². The number of nitrogens with zero attached hydrogens (tertiary/aromatic N) is 2. The summed E-state index contributed by atoms with van der Waals surface area (Å²) >= 11 is 1.26. The Bertz CT molecular complexity index is 1050. The Kier molecular flexibility index (Phi) is 4.77. The maximum absolute atomic E-state index is 13.8. The first-order chi connectivity index (χ1) is 12.0. The molecule has 3 rings (SSSR count). The molecule has 0 N–H and O–H groups in total. The third-order valence-electron chi connectivity index (χ3n) is 3.78. The number of thiazole rings is 1. The van der Waals surface area contributed by atoms with Crippen molar-refractivity contribution in [1.82, 2.24) is 4.57 Å². The fourth-order valence-electron chi connectivity index (χ4n) is 2.51. The molecule has 3 nitrogen and oxygen atoms in total. The Morgan fingerprint density at radius 3 is 2.64 bits per heavy atom. The standard InChI is InChI=1S/C19H14F2N2OS/c1-3-10-23-15-9-8-12(4-2)11-16(15)25-19(23)22-18(24)17-13(20)6-5-7-14(17)21/h1,5-9,11H,4,10H2,2H3. The van der Waals surface area contributed by atoms with E-state index in [0.717, 1.165) is 34.3 Å². The number of aromatic nitrogens is 1. The van der Waals surface area contributed by atoms with E-state index in [0.29, 0.717) is 4.80 Å². The molecule has 126 valence electrons. The molecule has 0 saturated carbocycles. The number of terminal acetylenes is 1. The van der Waals surface area contributed by atoms with E-state index in [2.05, 4.69) is 10.9 Å². The van der Waals surface area contributed by atoms with Gasteiger partial charge in [0.2, 0.25) is 0 Å². The zero-order valence-electron chi connectivity index (χ0n) is 13.4. The van der Waals surface area contributed by atoms with Gasteiger partial charge in [-0.3, -0.25) is 4.79 Å². The Hall–Kier alpha value is -2.78. The maximum Gasteiger partial charge on any atom is 0.285 e. The summed E-state index contributed by atoms with van der Waals surface area (Å²) in [5.74, 6) is -0.328. The summed E-state index contributed by atoms with van der Waals surface area (Å²) in [5.41, 5.74) is 1.31. The predicted molar refractivity (Wildman–Crippen MR) is 94.3 cm³/mol. The molecule has 6 heteroatoms. The first-order valence-electron chi connectivity index (χ1n) is 7.64. The smallest absolute Gasteiger partial charge is 0.285 e. The first-order valence-corrected chi connectivity index (χ1v) is 8.45. The second kappa shape index (κ2) is 6.99. The van der Waals surface area contributed by atoms with Gasteiger partial charge in [-0.1, -0.05) is 36.3 Å². The maximum atomic E-state index is 13.8. The van der Waals surface area contributed by atoms with E-state index in [9.17, 15) is 13.6 Å². The van der Waals surface area contributed by atoms with Gasteiger partial charge in [-0.15, -0.1) is 6.42 Å². The number of amides is 1. The number of rotatable bonds is 3. The lowest BCUT2D eigenvalue weighted by atomic mass is 10.2. The summed E-state index contributed by atoms with van der Waals surface area (Å²) in [7, 11) is 0. The molecule has 0 unspecified atom stereocenters. The van der Waals surface area contributed by atoms with Gasteiger partial charge >= 0.3 is 0 Å². The Morgan fingerprint density at radius 2 is 2.00 bits per heavy atom. The average molecular weight is 356 g/mol. The number of carbonyl (C=O) groups is 1. The van der Waals surface area contributed by atoms with Crippen LogP contribution in [0.5, 0.6) is 0 Å². The van der Waals surface area contributed by atoms with Crippen LogP contribution in [0.15, 0.2) is 41.4 Å². The lowest BCUT2D eigenvalue weighted by Gasteiger charge is -2.02. The van der Waals surface area contributed by atoms with Gasteiger partial charge in [-0.2, -0.15) is 4.99 Å². The van der Waals surface area contributed by atoms with Crippen LogP contribution in [0.2, 0.25) is 0 Å². The molecule has 0 saturated heterocycles. The molecule has 25 heavy (non-hydrogen) atoms. The first kappa shape index (κ1) is 17.1. The molecule has 1 aromatic heterocycles. The molecule has 0 aliphatic heterocycles. The van der Waals surface area contributed by atoms with Crippen LogP contribution in [0, 0.1) is 24.0 Å². The Morgan fingerprint density at radius 1 is 1.28 bits per heavy atom. The summed E-state index contributed by atoms with van der Waals surface area (Å²) in [5, 5.41) is 0. The highest BCUT2D eigenvalue weighted by Crippen LogP contribution is 2.20. The molecular weight excluding hydrogens is 342 g/mol. The van der Waals surface area contributed by atoms with Gasteiger partial charge in [-0.25, -0.2) is 8.78 Å². The van der Waals surface area contributed by atoms with E-state index in [4.69, 9.17) is 6.42 Å². The highest BCUT2D eigenvalue weighted by Gasteiger charge is 2.17. The highest BCUT2D eigenvalue weighted by atomic mass is 32.1. The summed E-state index contributed by atoms with van der Waals surface area (Å²) < 4.78 is 30.2. The van der Waals surface area contributed by atoms with E-state index in [1.807, 2.05) is 25.1 Å². The van der Waals surface area contributed by atoms with Crippen LogP contribution in [0.4, 0.5) is 8.78 Å². The molecule has 0 radical (unpaired) electrons. The number of carbonyl (C=O) groups excluding carboxylic acids is 1. The summed E-state index contributed by atoms with van der Waals surface area (Å²) in [6.07, 6.45) is 6.28. The molecular formula is C19H14F2N2OS. The SMILES string of the molecule is C#CCn1c(=NC(=O)c2c(F)cccc2F)sc2cc(CC)ccc21. The van der Waals surface area contributed by atoms with Crippen LogP contribution in [0.1, 0.15) is 22.8 Å². The van der Waals surface area contributed by atoms with Crippen LogP contribution in [-0.2, 0) is 13.0 Å². The molecule has 0 aliphatic carbocycles. The van der Waals surface area contributed by atoms with Crippen LogP contribution in [0.25, 0.3) is 10.2 Å². The van der Waals surface area contributed by atoms with Crippen molar-refractivity contribution < 1.29 is 13.6 Å². The molecule has 2 aromatic carbocycles. The topological polar surface area (TPSA) is 34.4 Å². The zero-order valence-corrected chi connectivity index (χ0v) is 14.2. The van der Waals surface area contributed by atoms with Crippen molar-refractivity contribution in [2.75, 3.05) is 0 Å². The number of halogens is 2. The number of hydrogen-bond acceptors (Lipinski definition) is 2. The lowest BCUT2D eigenvalue weighted by Crippen LogP contribution is -2.17. The van der Waals surface area contributed by atoms with Crippen molar-refractivity contribution in [3.63, 3.8) is 0 Å². The monoisotopic (exact) mass is 356 g/mol.